The summed E-state index contributed by atoms with van der Waals surface area (Å²) >= 11 is 0. The van der Waals surface area contributed by atoms with Gasteiger partial charge in [0.1, 0.15) is 24.4 Å². The number of rotatable bonds is 7. The molecule has 3 heterocycles. The highest BCUT2D eigenvalue weighted by atomic mass is 16.8. The van der Waals surface area contributed by atoms with Crippen LogP contribution in [0.3, 0.4) is 0 Å². The third-order valence-corrected chi connectivity index (χ3v) is 13.9. The molecule has 0 radical (unpaired) electrons. The minimum Gasteiger partial charge on any atom is -0.456 e. The van der Waals surface area contributed by atoms with E-state index in [2.05, 4.69) is 44.3 Å². The number of aliphatic hydroxyl groups excluding tert-OH is 1. The Morgan fingerprint density at radius 2 is 1.75 bits per heavy atom. The number of benzene rings is 2. The number of carbonyl (C=O) groups is 3. The van der Waals surface area contributed by atoms with E-state index in [1.165, 1.54) is 5.57 Å². The second-order valence-corrected chi connectivity index (χ2v) is 17.9. The maximum atomic E-state index is 14.4. The van der Waals surface area contributed by atoms with E-state index < -0.39 is 36.1 Å². The zero-order chi connectivity index (χ0) is 38.1. The predicted octanol–water partition coefficient (Wildman–Crippen LogP) is 5.70. The molecule has 9 rings (SSSR count). The maximum absolute atomic E-state index is 14.4. The first-order valence-corrected chi connectivity index (χ1v) is 20.5. The number of hydrogen-bond donors (Lipinski definition) is 2. The molecule has 2 aromatic rings. The minimum atomic E-state index is -0.924. The van der Waals surface area contributed by atoms with Crippen LogP contribution in [0.2, 0.25) is 0 Å². The molecule has 5 fully saturated rings. The zero-order valence-electron chi connectivity index (χ0n) is 32.3. The number of hydrogen-bond acceptors (Lipinski definition) is 8. The van der Waals surface area contributed by atoms with Gasteiger partial charge in [-0.25, -0.2) is 4.79 Å². The summed E-state index contributed by atoms with van der Waals surface area (Å²) in [4.78, 5) is 43.3. The van der Waals surface area contributed by atoms with Crippen molar-refractivity contribution in [3.8, 4) is 0 Å². The predicted molar refractivity (Wildman–Crippen MR) is 205 cm³/mol. The van der Waals surface area contributed by atoms with Crippen LogP contribution in [0.15, 0.2) is 65.8 Å². The molecule has 2 saturated carbocycles. The molecule has 1 spiro atoms. The number of likely N-dealkylation sites (tertiary alicyclic amines) is 1. The van der Waals surface area contributed by atoms with E-state index >= 15 is 0 Å². The van der Waals surface area contributed by atoms with Crippen LogP contribution in [-0.2, 0) is 41.4 Å². The van der Waals surface area contributed by atoms with Gasteiger partial charge in [-0.15, -0.1) is 0 Å². The van der Waals surface area contributed by atoms with Gasteiger partial charge < -0.3 is 34.3 Å². The number of nitrogens with one attached hydrogen (secondary N) is 1. The lowest BCUT2D eigenvalue weighted by atomic mass is 9.52. The molecular formula is C45H54N2O8. The van der Waals surface area contributed by atoms with Crippen molar-refractivity contribution in [3.05, 3.63) is 88.0 Å². The average Bonchev–Trinajstić information content (AvgIpc) is 3.54. The van der Waals surface area contributed by atoms with Crippen LogP contribution in [-0.4, -0.2) is 89.3 Å². The highest BCUT2D eigenvalue weighted by Gasteiger charge is 2.57. The zero-order valence-corrected chi connectivity index (χ0v) is 32.3. The van der Waals surface area contributed by atoms with Crippen LogP contribution in [0.5, 0.6) is 0 Å². The number of esters is 1. The van der Waals surface area contributed by atoms with Gasteiger partial charge in [-0.2, -0.15) is 0 Å². The molecule has 7 aliphatic rings. The Kier molecular flexibility index (Phi) is 9.35. The summed E-state index contributed by atoms with van der Waals surface area (Å²) in [5.41, 5.74) is 5.74. The molecule has 3 saturated heterocycles. The first-order chi connectivity index (χ1) is 26.5. The van der Waals surface area contributed by atoms with Gasteiger partial charge in [-0.3, -0.25) is 9.59 Å². The van der Waals surface area contributed by atoms with Crippen molar-refractivity contribution in [2.24, 2.45) is 17.3 Å². The van der Waals surface area contributed by atoms with E-state index in [1.54, 1.807) is 4.90 Å². The number of nitrogens with zero attached hydrogens (tertiary/aromatic N) is 1. The largest absolute Gasteiger partial charge is 0.456 e. The molecular weight excluding hydrogens is 697 g/mol. The fourth-order valence-electron chi connectivity index (χ4n) is 10.8. The molecule has 2 N–H and O–H groups in total. The van der Waals surface area contributed by atoms with Gasteiger partial charge in [0.15, 0.2) is 5.79 Å². The Hall–Kier alpha value is -3.83. The number of carbonyl (C=O) groups excluding carboxylic acids is 3. The molecule has 10 nitrogen and oxygen atoms in total. The SMILES string of the molecule is CC1(C)C[C@@H]2C(=Cc3ccccc3C(=O)O[C@@H]3CC(C(=O)N4CCC[C@@H]4C(=O)NCCO)=C[C@H]4OC5(Cc6ccccc6C5)O[C@H]43)CCC3O[C@]3(C)CC[C@H]21. The van der Waals surface area contributed by atoms with Gasteiger partial charge in [0.25, 0.3) is 0 Å². The highest BCUT2D eigenvalue weighted by molar-refractivity contribution is 5.98. The summed E-state index contributed by atoms with van der Waals surface area (Å²) in [5, 5.41) is 12.0. The van der Waals surface area contributed by atoms with E-state index in [4.69, 9.17) is 18.9 Å². The number of aliphatic hydroxyl groups is 1. The van der Waals surface area contributed by atoms with Crippen molar-refractivity contribution in [1.82, 2.24) is 10.2 Å². The normalized spacial score (nSPS) is 34.5. The Bertz CT molecular complexity index is 1910. The van der Waals surface area contributed by atoms with Crippen LogP contribution < -0.4 is 5.32 Å². The molecule has 0 bridgehead atoms. The lowest BCUT2D eigenvalue weighted by Crippen LogP contribution is -2.49. The monoisotopic (exact) mass is 750 g/mol. The number of epoxide rings is 1. The van der Waals surface area contributed by atoms with Gasteiger partial charge in [0.2, 0.25) is 11.8 Å². The maximum Gasteiger partial charge on any atom is 0.339 e. The third kappa shape index (κ3) is 6.77. The minimum absolute atomic E-state index is 0.00612. The van der Waals surface area contributed by atoms with Gasteiger partial charge >= 0.3 is 5.97 Å². The first kappa shape index (κ1) is 36.8. The molecule has 55 heavy (non-hydrogen) atoms. The van der Waals surface area contributed by atoms with Crippen LogP contribution in [0.25, 0.3) is 6.08 Å². The quantitative estimate of drug-likeness (QED) is 0.273. The summed E-state index contributed by atoms with van der Waals surface area (Å²) < 4.78 is 26.2. The standard InChI is InChI=1S/C45H54N2O8/c1-43(2)26-33-28(14-15-38-44(3,54-38)17-16-34(33)43)21-27-9-6-7-12-32(27)42(51)52-36-22-31(41(50)47-19-8-13-35(47)40(49)46-18-20-48)23-37-39(36)55-45(53-37)24-29-10-4-5-11-30(29)25-45/h4-7,9-12,21,23,33-39,48H,8,13-20,22,24-26H2,1-3H3,(H,46,49)/t33-,34-,35-,36-,37-,38?,39+,44-/m1/s1. The van der Waals surface area contributed by atoms with Gasteiger partial charge in [-0.1, -0.05) is 68.0 Å². The Morgan fingerprint density at radius 1 is 0.982 bits per heavy atom. The van der Waals surface area contributed by atoms with E-state index in [1.807, 2.05) is 42.5 Å². The Balaban J connectivity index is 0.991. The summed E-state index contributed by atoms with van der Waals surface area (Å²) in [6, 6.07) is 15.2. The highest BCUT2D eigenvalue weighted by Crippen LogP contribution is 2.60. The van der Waals surface area contributed by atoms with E-state index in [9.17, 15) is 19.5 Å². The van der Waals surface area contributed by atoms with Crippen LogP contribution in [0.4, 0.5) is 0 Å². The Labute approximate surface area is 323 Å². The summed E-state index contributed by atoms with van der Waals surface area (Å²) in [7, 11) is 0. The molecule has 10 heteroatoms. The average molecular weight is 751 g/mol. The molecule has 292 valence electrons. The number of allylic oxidation sites excluding steroid dienone is 1. The summed E-state index contributed by atoms with van der Waals surface area (Å²) in [6.07, 6.45) is 10.1. The van der Waals surface area contributed by atoms with E-state index in [0.717, 1.165) is 48.8 Å². The van der Waals surface area contributed by atoms with Crippen LogP contribution in [0.1, 0.15) is 99.2 Å². The number of fused-ring (bicyclic) bond motifs is 4. The summed E-state index contributed by atoms with van der Waals surface area (Å²) in [6.45, 7) is 7.41. The van der Waals surface area contributed by atoms with Crippen LogP contribution >= 0.6 is 0 Å². The van der Waals surface area contributed by atoms with Gasteiger partial charge in [-0.05, 0) is 98.0 Å². The lowest BCUT2D eigenvalue weighted by molar-refractivity contribution is -0.172. The van der Waals surface area contributed by atoms with Gasteiger partial charge in [0.05, 0.1) is 23.9 Å². The molecule has 2 aromatic carbocycles. The van der Waals surface area contributed by atoms with E-state index in [0.29, 0.717) is 55.2 Å². The van der Waals surface area contributed by atoms with Crippen molar-refractivity contribution in [2.45, 2.75) is 127 Å². The summed E-state index contributed by atoms with van der Waals surface area (Å²) in [5.74, 6) is -0.871. The third-order valence-electron chi connectivity index (χ3n) is 13.9. The Morgan fingerprint density at radius 3 is 2.51 bits per heavy atom. The number of ether oxygens (including phenoxy) is 4. The smallest absolute Gasteiger partial charge is 0.339 e. The lowest BCUT2D eigenvalue weighted by Gasteiger charge is -2.53. The first-order valence-electron chi connectivity index (χ1n) is 20.5. The van der Waals surface area contributed by atoms with Crippen molar-refractivity contribution < 1.29 is 38.4 Å². The van der Waals surface area contributed by atoms with Crippen LogP contribution in [0, 0.1) is 17.3 Å². The fraction of sp³-hybridized carbons (Fsp3) is 0.578. The molecule has 8 atom stereocenters. The second-order valence-electron chi connectivity index (χ2n) is 17.9. The van der Waals surface area contributed by atoms with Crippen molar-refractivity contribution in [2.75, 3.05) is 19.7 Å². The van der Waals surface area contributed by atoms with Gasteiger partial charge in [0, 0.05) is 37.9 Å². The number of amides is 2. The molecule has 2 amide bonds. The topological polar surface area (TPSA) is 127 Å². The fourth-order valence-corrected chi connectivity index (χ4v) is 10.8. The molecule has 4 aliphatic carbocycles. The molecule has 3 aliphatic heterocycles. The van der Waals surface area contributed by atoms with E-state index in [-0.39, 0.29) is 48.5 Å². The van der Waals surface area contributed by atoms with Crippen molar-refractivity contribution in [3.63, 3.8) is 0 Å². The molecule has 1 unspecified atom stereocenters. The molecule has 0 aromatic heterocycles. The van der Waals surface area contributed by atoms with Crippen molar-refractivity contribution in [1.29, 1.82) is 0 Å². The van der Waals surface area contributed by atoms with Crippen molar-refractivity contribution >= 4 is 23.9 Å². The second kappa shape index (κ2) is 14.0.